The maximum Gasteiger partial charge on any atom is 0.305 e. The monoisotopic (exact) mass is 267 g/mol. The Hall–Kier alpha value is -1.78. The molecular formula is C14H21NO4. The lowest BCUT2D eigenvalue weighted by molar-refractivity contribution is -0.137. The van der Waals surface area contributed by atoms with Gasteiger partial charge in [0.05, 0.1) is 12.0 Å². The van der Waals surface area contributed by atoms with Crippen molar-refractivity contribution >= 4 is 11.9 Å². The fraction of sp³-hybridized carbons (Fsp3) is 0.571. The summed E-state index contributed by atoms with van der Waals surface area (Å²) in [6, 6.07) is 1.70. The van der Waals surface area contributed by atoms with E-state index >= 15 is 0 Å². The Labute approximate surface area is 113 Å². The van der Waals surface area contributed by atoms with Gasteiger partial charge < -0.3 is 14.4 Å². The molecule has 1 N–H and O–H groups in total. The van der Waals surface area contributed by atoms with Crippen LogP contribution in [0.25, 0.3) is 0 Å². The van der Waals surface area contributed by atoms with Crippen LogP contribution in [-0.4, -0.2) is 34.5 Å². The van der Waals surface area contributed by atoms with Crippen molar-refractivity contribution in [1.82, 2.24) is 4.90 Å². The summed E-state index contributed by atoms with van der Waals surface area (Å²) in [5.74, 6) is 0.195. The summed E-state index contributed by atoms with van der Waals surface area (Å²) in [6.45, 7) is 7.63. The van der Waals surface area contributed by atoms with E-state index in [1.165, 1.54) is 0 Å². The molecule has 0 aromatic carbocycles. The molecule has 0 radical (unpaired) electrons. The van der Waals surface area contributed by atoms with Crippen LogP contribution >= 0.6 is 0 Å². The molecule has 0 fully saturated rings. The van der Waals surface area contributed by atoms with Crippen LogP contribution in [0.4, 0.5) is 0 Å². The van der Waals surface area contributed by atoms with Gasteiger partial charge in [0.25, 0.3) is 5.91 Å². The predicted octanol–water partition coefficient (Wildman–Crippen LogP) is 2.61. The molecule has 106 valence electrons. The molecule has 1 aromatic heterocycles. The van der Waals surface area contributed by atoms with Gasteiger partial charge in [-0.05, 0) is 33.3 Å². The smallest absolute Gasteiger partial charge is 0.305 e. The molecule has 1 aromatic rings. The molecule has 1 rings (SSSR count). The van der Waals surface area contributed by atoms with Crippen LogP contribution < -0.4 is 0 Å². The topological polar surface area (TPSA) is 70.8 Å². The Bertz CT molecular complexity index is 464. The maximum absolute atomic E-state index is 12.5. The number of amides is 1. The van der Waals surface area contributed by atoms with Gasteiger partial charge >= 0.3 is 5.97 Å². The largest absolute Gasteiger partial charge is 0.481 e. The molecule has 0 saturated carbocycles. The van der Waals surface area contributed by atoms with Gasteiger partial charge in [0, 0.05) is 12.6 Å². The standard InChI is InChI=1S/C14H21NO4/c1-5-9(2)15(7-6-13(16)17)14(18)12-8-10(3)19-11(12)4/h8-9H,5-7H2,1-4H3,(H,16,17)/t9-/m0/s1. The average molecular weight is 267 g/mol. The number of furan rings is 1. The van der Waals surface area contributed by atoms with Crippen LogP contribution in [0.15, 0.2) is 10.5 Å². The lowest BCUT2D eigenvalue weighted by atomic mass is 10.1. The molecule has 0 saturated heterocycles. The molecule has 5 heteroatoms. The van der Waals surface area contributed by atoms with Crippen molar-refractivity contribution in [2.24, 2.45) is 0 Å². The van der Waals surface area contributed by atoms with Gasteiger partial charge in [0.1, 0.15) is 11.5 Å². The van der Waals surface area contributed by atoms with E-state index in [0.717, 1.165) is 6.42 Å². The SMILES string of the molecule is CC[C@H](C)N(CCC(=O)O)C(=O)c1cc(C)oc1C. The Kier molecular flexibility index (Phi) is 5.15. The maximum atomic E-state index is 12.5. The van der Waals surface area contributed by atoms with E-state index in [1.54, 1.807) is 24.8 Å². The third kappa shape index (κ3) is 3.84. The summed E-state index contributed by atoms with van der Waals surface area (Å²) < 4.78 is 5.36. The second-order valence-corrected chi connectivity index (χ2v) is 4.73. The molecule has 0 bridgehead atoms. The average Bonchev–Trinajstić information content (AvgIpc) is 2.67. The van der Waals surface area contributed by atoms with Gasteiger partial charge in [-0.3, -0.25) is 9.59 Å². The first-order valence-corrected chi connectivity index (χ1v) is 6.46. The van der Waals surface area contributed by atoms with Gasteiger partial charge in [-0.2, -0.15) is 0 Å². The first-order chi connectivity index (χ1) is 8.86. The van der Waals surface area contributed by atoms with Crippen LogP contribution in [0.3, 0.4) is 0 Å². The number of aryl methyl sites for hydroxylation is 2. The Morgan fingerprint density at radius 1 is 1.42 bits per heavy atom. The Balaban J connectivity index is 2.93. The number of rotatable bonds is 6. The van der Waals surface area contributed by atoms with Gasteiger partial charge in [-0.1, -0.05) is 6.92 Å². The molecule has 0 aliphatic carbocycles. The van der Waals surface area contributed by atoms with Gasteiger partial charge in [-0.25, -0.2) is 0 Å². The summed E-state index contributed by atoms with van der Waals surface area (Å²) >= 11 is 0. The van der Waals surface area contributed by atoms with E-state index in [0.29, 0.717) is 17.1 Å². The molecule has 19 heavy (non-hydrogen) atoms. The van der Waals surface area contributed by atoms with Crippen LogP contribution in [0.5, 0.6) is 0 Å². The van der Waals surface area contributed by atoms with Crippen molar-refractivity contribution in [3.63, 3.8) is 0 Å². The Morgan fingerprint density at radius 2 is 2.05 bits per heavy atom. The molecule has 5 nitrogen and oxygen atoms in total. The lowest BCUT2D eigenvalue weighted by Crippen LogP contribution is -2.39. The minimum Gasteiger partial charge on any atom is -0.481 e. The number of carbonyl (C=O) groups excluding carboxylic acids is 1. The van der Waals surface area contributed by atoms with E-state index in [-0.39, 0.29) is 24.9 Å². The molecule has 1 heterocycles. The third-order valence-corrected chi connectivity index (χ3v) is 3.22. The van der Waals surface area contributed by atoms with Crippen molar-refractivity contribution in [1.29, 1.82) is 0 Å². The highest BCUT2D eigenvalue weighted by molar-refractivity contribution is 5.95. The molecule has 1 atom stereocenters. The number of aliphatic carboxylic acids is 1. The molecule has 0 unspecified atom stereocenters. The second kappa shape index (κ2) is 6.41. The minimum absolute atomic E-state index is 0.00135. The number of nitrogens with zero attached hydrogens (tertiary/aromatic N) is 1. The van der Waals surface area contributed by atoms with E-state index in [9.17, 15) is 9.59 Å². The van der Waals surface area contributed by atoms with Crippen molar-refractivity contribution in [3.8, 4) is 0 Å². The molecule has 0 aliphatic rings. The van der Waals surface area contributed by atoms with E-state index in [1.807, 2.05) is 13.8 Å². The summed E-state index contributed by atoms with van der Waals surface area (Å²) in [4.78, 5) is 24.8. The van der Waals surface area contributed by atoms with E-state index in [4.69, 9.17) is 9.52 Å². The van der Waals surface area contributed by atoms with E-state index in [2.05, 4.69) is 0 Å². The number of carboxylic acids is 1. The normalized spacial score (nSPS) is 12.2. The fourth-order valence-corrected chi connectivity index (χ4v) is 1.96. The highest BCUT2D eigenvalue weighted by Gasteiger charge is 2.24. The van der Waals surface area contributed by atoms with Crippen LogP contribution in [-0.2, 0) is 4.79 Å². The Morgan fingerprint density at radius 3 is 2.47 bits per heavy atom. The zero-order valence-corrected chi connectivity index (χ0v) is 11.9. The van der Waals surface area contributed by atoms with E-state index < -0.39 is 5.97 Å². The van der Waals surface area contributed by atoms with Crippen LogP contribution in [0.1, 0.15) is 48.6 Å². The van der Waals surface area contributed by atoms with Crippen molar-refractivity contribution < 1.29 is 19.1 Å². The summed E-state index contributed by atoms with van der Waals surface area (Å²) in [5.41, 5.74) is 0.517. The summed E-state index contributed by atoms with van der Waals surface area (Å²) in [6.07, 6.45) is 0.729. The number of hydrogen-bond donors (Lipinski definition) is 1. The zero-order valence-electron chi connectivity index (χ0n) is 11.9. The van der Waals surface area contributed by atoms with Crippen LogP contribution in [0, 0.1) is 13.8 Å². The number of carboxylic acid groups (broad SMARTS) is 1. The molecule has 0 spiro atoms. The van der Waals surface area contributed by atoms with Crippen molar-refractivity contribution in [2.45, 2.75) is 46.6 Å². The number of carbonyl (C=O) groups is 2. The lowest BCUT2D eigenvalue weighted by Gasteiger charge is -2.28. The van der Waals surface area contributed by atoms with Gasteiger partial charge in [0.2, 0.25) is 0 Å². The third-order valence-electron chi connectivity index (χ3n) is 3.22. The van der Waals surface area contributed by atoms with Crippen molar-refractivity contribution in [2.75, 3.05) is 6.54 Å². The number of hydrogen-bond acceptors (Lipinski definition) is 3. The second-order valence-electron chi connectivity index (χ2n) is 4.73. The highest BCUT2D eigenvalue weighted by atomic mass is 16.4. The van der Waals surface area contributed by atoms with Crippen LogP contribution in [0.2, 0.25) is 0 Å². The quantitative estimate of drug-likeness (QED) is 0.860. The molecule has 1 amide bonds. The van der Waals surface area contributed by atoms with Gasteiger partial charge in [-0.15, -0.1) is 0 Å². The fourth-order valence-electron chi connectivity index (χ4n) is 1.96. The summed E-state index contributed by atoms with van der Waals surface area (Å²) in [5, 5.41) is 8.77. The summed E-state index contributed by atoms with van der Waals surface area (Å²) in [7, 11) is 0. The molecule has 0 aliphatic heterocycles. The zero-order chi connectivity index (χ0) is 14.6. The molecular weight excluding hydrogens is 246 g/mol. The predicted molar refractivity (Wildman–Crippen MR) is 71.2 cm³/mol. The first kappa shape index (κ1) is 15.3. The van der Waals surface area contributed by atoms with Crippen molar-refractivity contribution in [3.05, 3.63) is 23.2 Å². The minimum atomic E-state index is -0.902. The first-order valence-electron chi connectivity index (χ1n) is 6.46. The highest BCUT2D eigenvalue weighted by Crippen LogP contribution is 2.18. The van der Waals surface area contributed by atoms with Gasteiger partial charge in [0.15, 0.2) is 0 Å².